The molecule has 12 nitrogen and oxygen atoms in total. The van der Waals surface area contributed by atoms with E-state index in [4.69, 9.17) is 38.0 Å². The van der Waals surface area contributed by atoms with Crippen LogP contribution >= 0.6 is 23.2 Å². The SMILES string of the molecule is CCCCCc1c(C(=O)O)n(Cc2cc(N3CCNCC3)ccn2)c2c(N3C[C@@H](C)n4c(c(CCCOc5cc(C)c(Cl)c(C)c5)c5ccc(Cl)c(-c6c(C)nn(C)c6C)c54)C3=O)cc(C)cc12. The van der Waals surface area contributed by atoms with Crippen molar-refractivity contribution >= 4 is 68.3 Å². The van der Waals surface area contributed by atoms with Crippen LogP contribution in [0.2, 0.25) is 10.0 Å². The molecule has 0 saturated carbocycles. The molecule has 68 heavy (non-hydrogen) atoms. The summed E-state index contributed by atoms with van der Waals surface area (Å²) in [7, 11) is 1.94. The molecule has 1 saturated heterocycles. The van der Waals surface area contributed by atoms with E-state index in [0.29, 0.717) is 48.8 Å². The second-order valence-corrected chi connectivity index (χ2v) is 19.7. The monoisotopic (exact) mass is 956 g/mol. The maximum Gasteiger partial charge on any atom is 0.352 e. The third-order valence-electron chi connectivity index (χ3n) is 14.1. The van der Waals surface area contributed by atoms with Crippen LogP contribution in [-0.4, -0.2) is 80.2 Å². The molecular weight excluding hydrogens is 896 g/mol. The fourth-order valence-corrected chi connectivity index (χ4v) is 11.2. The van der Waals surface area contributed by atoms with Crippen molar-refractivity contribution in [3.8, 4) is 16.9 Å². The number of fused-ring (bicyclic) bond motifs is 4. The largest absolute Gasteiger partial charge is 0.494 e. The quantitative estimate of drug-likeness (QED) is 0.0974. The first kappa shape index (κ1) is 47.3. The van der Waals surface area contributed by atoms with Crippen LogP contribution < -0.4 is 19.9 Å². The molecular formula is C54H62Cl2N8O4. The Morgan fingerprint density at radius 1 is 0.897 bits per heavy atom. The number of aromatic carboxylic acids is 1. The molecule has 356 valence electrons. The standard InChI is InChI=1S/C54H62Cl2N8O4/c1-9-10-11-13-41-43-24-31(2)25-45(49(43)63(52(41)54(66)67)30-37-28-38(17-18-58-37)61-21-19-57-20-22-61)62-29-34(5)64-50-42(15-16-44(55)47(50)46-35(6)59-60(8)36(46)7)40(51(64)53(62)65)14-12-23-68-39-26-32(3)48(56)33(4)27-39/h15-18,24-28,34,57H,9-14,19-23,29-30H2,1-8H3,(H,66,67)/t34-/m1/s1. The number of rotatable bonds is 15. The number of halogens is 2. The highest BCUT2D eigenvalue weighted by molar-refractivity contribution is 6.35. The van der Waals surface area contributed by atoms with Crippen LogP contribution in [0.25, 0.3) is 32.9 Å². The number of carboxylic acids is 1. The fourth-order valence-electron chi connectivity index (χ4n) is 10.9. The Hall–Kier alpha value is -5.82. The molecule has 1 fully saturated rings. The van der Waals surface area contributed by atoms with Crippen molar-refractivity contribution in [3.63, 3.8) is 0 Å². The molecule has 3 aromatic carbocycles. The number of aryl methyl sites for hydroxylation is 7. The van der Waals surface area contributed by atoms with Gasteiger partial charge in [0.15, 0.2) is 0 Å². The minimum atomic E-state index is -0.994. The molecule has 0 aliphatic carbocycles. The third-order valence-corrected chi connectivity index (χ3v) is 15.0. The number of hydrogen-bond acceptors (Lipinski definition) is 7. The van der Waals surface area contributed by atoms with E-state index in [9.17, 15) is 9.90 Å². The lowest BCUT2D eigenvalue weighted by Crippen LogP contribution is -2.43. The molecule has 1 atom stereocenters. The summed E-state index contributed by atoms with van der Waals surface area (Å²) >= 11 is 13.8. The molecule has 2 aliphatic rings. The molecule has 2 N–H and O–H groups in total. The summed E-state index contributed by atoms with van der Waals surface area (Å²) in [5.74, 6) is -0.386. The number of aromatic nitrogens is 5. The zero-order valence-corrected chi connectivity index (χ0v) is 42.0. The van der Waals surface area contributed by atoms with E-state index in [1.807, 2.05) is 79.4 Å². The first-order valence-corrected chi connectivity index (χ1v) is 24.8. The van der Waals surface area contributed by atoms with Gasteiger partial charge in [0.1, 0.15) is 17.1 Å². The highest BCUT2D eigenvalue weighted by Gasteiger charge is 2.38. The molecule has 6 heterocycles. The summed E-state index contributed by atoms with van der Waals surface area (Å²) in [6.07, 6.45) is 6.44. The summed E-state index contributed by atoms with van der Waals surface area (Å²) in [4.78, 5) is 38.7. The van der Waals surface area contributed by atoms with Gasteiger partial charge in [0, 0.05) is 90.3 Å². The van der Waals surface area contributed by atoms with Crippen molar-refractivity contribution in [2.45, 2.75) is 99.6 Å². The molecule has 7 aromatic rings. The maximum absolute atomic E-state index is 15.9. The Bertz CT molecular complexity index is 3080. The van der Waals surface area contributed by atoms with Crippen molar-refractivity contribution in [2.24, 2.45) is 7.05 Å². The fraction of sp³-hybridized carbons (Fsp3) is 0.407. The lowest BCUT2D eigenvalue weighted by Gasteiger charge is -2.35. The number of ether oxygens (including phenoxy) is 1. The van der Waals surface area contributed by atoms with Crippen LogP contribution in [-0.2, 0) is 26.4 Å². The molecule has 0 radical (unpaired) electrons. The minimum absolute atomic E-state index is 0.149. The van der Waals surface area contributed by atoms with Gasteiger partial charge in [0.25, 0.3) is 5.91 Å². The highest BCUT2D eigenvalue weighted by atomic mass is 35.5. The predicted octanol–water partition coefficient (Wildman–Crippen LogP) is 11.4. The van der Waals surface area contributed by atoms with Gasteiger partial charge in [-0.3, -0.25) is 14.5 Å². The second kappa shape index (κ2) is 19.3. The number of pyridine rings is 1. The van der Waals surface area contributed by atoms with Crippen LogP contribution in [0.15, 0.2) is 54.7 Å². The Morgan fingerprint density at radius 2 is 1.63 bits per heavy atom. The minimum Gasteiger partial charge on any atom is -0.494 e. The molecule has 1 amide bonds. The van der Waals surface area contributed by atoms with Crippen molar-refractivity contribution in [2.75, 3.05) is 49.1 Å². The number of amides is 1. The van der Waals surface area contributed by atoms with Crippen LogP contribution in [0.1, 0.15) is 111 Å². The van der Waals surface area contributed by atoms with E-state index in [-0.39, 0.29) is 24.2 Å². The smallest absolute Gasteiger partial charge is 0.352 e. The van der Waals surface area contributed by atoms with E-state index >= 15 is 4.79 Å². The first-order chi connectivity index (χ1) is 32.7. The van der Waals surface area contributed by atoms with E-state index in [2.05, 4.69) is 59.8 Å². The number of piperazine rings is 1. The number of carbonyl (C=O) groups excluding carboxylic acids is 1. The van der Waals surface area contributed by atoms with Crippen LogP contribution in [0.5, 0.6) is 5.75 Å². The van der Waals surface area contributed by atoms with Crippen molar-refractivity contribution < 1.29 is 19.4 Å². The normalized spacial score (nSPS) is 15.3. The van der Waals surface area contributed by atoms with Crippen LogP contribution in [0.3, 0.4) is 0 Å². The van der Waals surface area contributed by atoms with Gasteiger partial charge in [-0.2, -0.15) is 5.10 Å². The van der Waals surface area contributed by atoms with Gasteiger partial charge in [-0.25, -0.2) is 4.79 Å². The third kappa shape index (κ3) is 8.53. The topological polar surface area (TPSA) is 123 Å². The average molecular weight is 958 g/mol. The summed E-state index contributed by atoms with van der Waals surface area (Å²) in [5, 5.41) is 22.5. The zero-order valence-electron chi connectivity index (χ0n) is 40.5. The van der Waals surface area contributed by atoms with Gasteiger partial charge in [-0.15, -0.1) is 0 Å². The van der Waals surface area contributed by atoms with Gasteiger partial charge in [-0.1, -0.05) is 49.0 Å². The Balaban J connectivity index is 1.21. The number of unbranched alkanes of at least 4 members (excludes halogenated alkanes) is 2. The number of hydrogen-bond donors (Lipinski definition) is 2. The summed E-state index contributed by atoms with van der Waals surface area (Å²) in [6.45, 7) is 18.9. The first-order valence-electron chi connectivity index (χ1n) is 24.0. The zero-order chi connectivity index (χ0) is 48.1. The van der Waals surface area contributed by atoms with E-state index in [1.165, 1.54) is 0 Å². The predicted molar refractivity (Wildman–Crippen MR) is 275 cm³/mol. The number of carbonyl (C=O) groups is 2. The van der Waals surface area contributed by atoms with Gasteiger partial charge in [0.2, 0.25) is 0 Å². The van der Waals surface area contributed by atoms with Gasteiger partial charge in [0.05, 0.1) is 46.3 Å². The van der Waals surface area contributed by atoms with Gasteiger partial charge >= 0.3 is 5.97 Å². The number of nitrogens with zero attached hydrogens (tertiary/aromatic N) is 7. The molecule has 0 unspecified atom stereocenters. The number of nitrogens with one attached hydrogen (secondary N) is 1. The Morgan fingerprint density at radius 3 is 2.32 bits per heavy atom. The van der Waals surface area contributed by atoms with Crippen molar-refractivity contribution in [3.05, 3.63) is 121 Å². The molecule has 9 rings (SSSR count). The number of benzene rings is 3. The second-order valence-electron chi connectivity index (χ2n) is 18.9. The Kier molecular flexibility index (Phi) is 13.4. The number of carboxylic acid groups (broad SMARTS) is 1. The lowest BCUT2D eigenvalue weighted by molar-refractivity contribution is 0.0684. The molecule has 0 spiro atoms. The van der Waals surface area contributed by atoms with E-state index in [0.717, 1.165) is 140 Å². The van der Waals surface area contributed by atoms with Crippen molar-refractivity contribution in [1.29, 1.82) is 0 Å². The van der Waals surface area contributed by atoms with Crippen LogP contribution in [0.4, 0.5) is 11.4 Å². The highest BCUT2D eigenvalue weighted by Crippen LogP contribution is 2.46. The van der Waals surface area contributed by atoms with E-state index < -0.39 is 5.97 Å². The molecule has 2 aliphatic heterocycles. The van der Waals surface area contributed by atoms with Gasteiger partial charge in [-0.05, 0) is 138 Å². The molecule has 4 aromatic heterocycles. The van der Waals surface area contributed by atoms with Crippen molar-refractivity contribution in [1.82, 2.24) is 29.2 Å². The summed E-state index contributed by atoms with van der Waals surface area (Å²) < 4.78 is 12.3. The average Bonchev–Trinajstić information content (AvgIpc) is 3.90. The maximum atomic E-state index is 15.9. The summed E-state index contributed by atoms with van der Waals surface area (Å²) in [6, 6.07) is 16.0. The Labute approximate surface area is 408 Å². The van der Waals surface area contributed by atoms with E-state index in [1.54, 1.807) is 0 Å². The lowest BCUT2D eigenvalue weighted by atomic mass is 9.98. The van der Waals surface area contributed by atoms with Gasteiger partial charge < -0.3 is 34.1 Å². The van der Waals surface area contributed by atoms with Crippen LogP contribution in [0, 0.1) is 34.6 Å². The summed E-state index contributed by atoms with van der Waals surface area (Å²) in [5.41, 5.74) is 13.2. The molecule has 0 bridgehead atoms. The molecule has 14 heteroatoms. The number of anilines is 2.